The molecule has 0 saturated carbocycles. The molecule has 1 aliphatic carbocycles. The Balaban J connectivity index is 1.47. The van der Waals surface area contributed by atoms with Crippen LogP contribution in [0.1, 0.15) is 12.0 Å². The van der Waals surface area contributed by atoms with Gasteiger partial charge in [0, 0.05) is 43.9 Å². The van der Waals surface area contributed by atoms with Gasteiger partial charge < -0.3 is 20.6 Å². The molecule has 1 heterocycles. The van der Waals surface area contributed by atoms with Gasteiger partial charge in [-0.1, -0.05) is 36.4 Å². The van der Waals surface area contributed by atoms with E-state index in [4.69, 9.17) is 5.11 Å². The number of carbonyl (C=O) groups excluding carboxylic acids is 1. The van der Waals surface area contributed by atoms with Gasteiger partial charge in [0.05, 0.1) is 0 Å². The standard InChI is InChI=1S/C18H23N3O2/c22-13-15-6-7-16(10-15)20-18(23)19-12-14-4-3-5-17(11-14)21-8-1-2-9-21/h1-7,11,15-16,22H,8-10,12-13H2,(H2,19,20,23)/t15-,16+/m0/s1. The molecule has 0 saturated heterocycles. The monoisotopic (exact) mass is 313 g/mol. The Bertz CT molecular complexity index is 604. The topological polar surface area (TPSA) is 64.6 Å². The van der Waals surface area contributed by atoms with Crippen LogP contribution in [-0.4, -0.2) is 36.9 Å². The molecule has 0 unspecified atom stereocenters. The minimum absolute atomic E-state index is 0.00848. The maximum absolute atomic E-state index is 12.0. The number of amides is 2. The summed E-state index contributed by atoms with van der Waals surface area (Å²) in [7, 11) is 0. The van der Waals surface area contributed by atoms with E-state index in [1.54, 1.807) is 0 Å². The third kappa shape index (κ3) is 4.13. The molecule has 5 nitrogen and oxygen atoms in total. The van der Waals surface area contributed by atoms with E-state index < -0.39 is 0 Å². The number of nitrogens with one attached hydrogen (secondary N) is 2. The first-order valence-corrected chi connectivity index (χ1v) is 8.07. The fourth-order valence-corrected chi connectivity index (χ4v) is 2.97. The van der Waals surface area contributed by atoms with Crippen molar-refractivity contribution in [1.29, 1.82) is 0 Å². The van der Waals surface area contributed by atoms with Crippen molar-refractivity contribution in [1.82, 2.24) is 10.6 Å². The molecule has 0 fully saturated rings. The molecule has 2 amide bonds. The van der Waals surface area contributed by atoms with E-state index >= 15 is 0 Å². The molecule has 2 atom stereocenters. The van der Waals surface area contributed by atoms with E-state index in [9.17, 15) is 4.79 Å². The summed E-state index contributed by atoms with van der Waals surface area (Å²) in [6, 6.07) is 8.08. The van der Waals surface area contributed by atoms with Gasteiger partial charge in [0.15, 0.2) is 0 Å². The molecular formula is C18H23N3O2. The second kappa shape index (κ2) is 7.33. The lowest BCUT2D eigenvalue weighted by molar-refractivity contribution is 0.231. The lowest BCUT2D eigenvalue weighted by Crippen LogP contribution is -2.40. The summed E-state index contributed by atoms with van der Waals surface area (Å²) in [5.41, 5.74) is 2.26. The minimum Gasteiger partial charge on any atom is -0.396 e. The molecule has 1 aromatic rings. The van der Waals surface area contributed by atoms with E-state index in [1.165, 1.54) is 5.69 Å². The van der Waals surface area contributed by atoms with Crippen molar-refractivity contribution in [2.24, 2.45) is 5.92 Å². The van der Waals surface area contributed by atoms with Gasteiger partial charge in [-0.3, -0.25) is 0 Å². The Morgan fingerprint density at radius 3 is 2.83 bits per heavy atom. The van der Waals surface area contributed by atoms with Gasteiger partial charge in [-0.25, -0.2) is 4.79 Å². The number of carbonyl (C=O) groups is 1. The zero-order valence-electron chi connectivity index (χ0n) is 13.1. The maximum atomic E-state index is 12.0. The molecule has 0 spiro atoms. The van der Waals surface area contributed by atoms with Crippen molar-refractivity contribution in [3.05, 3.63) is 54.1 Å². The Hall–Kier alpha value is -2.27. The van der Waals surface area contributed by atoms with Gasteiger partial charge in [-0.05, 0) is 24.1 Å². The molecule has 2 aliphatic rings. The highest BCUT2D eigenvalue weighted by molar-refractivity contribution is 5.74. The summed E-state index contributed by atoms with van der Waals surface area (Å²) >= 11 is 0. The Labute approximate surface area is 136 Å². The molecule has 0 radical (unpaired) electrons. The van der Waals surface area contributed by atoms with Crippen molar-refractivity contribution in [3.8, 4) is 0 Å². The van der Waals surface area contributed by atoms with Crippen molar-refractivity contribution in [2.45, 2.75) is 19.0 Å². The zero-order valence-corrected chi connectivity index (χ0v) is 13.1. The van der Waals surface area contributed by atoms with E-state index in [1.807, 2.05) is 24.3 Å². The number of urea groups is 1. The van der Waals surface area contributed by atoms with Gasteiger partial charge in [0.25, 0.3) is 0 Å². The average molecular weight is 313 g/mol. The number of nitrogens with zero attached hydrogens (tertiary/aromatic N) is 1. The summed E-state index contributed by atoms with van der Waals surface area (Å²) in [5.74, 6) is 0.158. The molecule has 0 aromatic heterocycles. The first-order chi connectivity index (χ1) is 11.2. The fourth-order valence-electron chi connectivity index (χ4n) is 2.97. The van der Waals surface area contributed by atoms with Crippen LogP contribution in [0.5, 0.6) is 0 Å². The van der Waals surface area contributed by atoms with Crippen LogP contribution in [0.4, 0.5) is 10.5 Å². The lowest BCUT2D eigenvalue weighted by Gasteiger charge is -2.19. The third-order valence-corrected chi connectivity index (χ3v) is 4.27. The summed E-state index contributed by atoms with van der Waals surface area (Å²) in [6.07, 6.45) is 8.99. The largest absolute Gasteiger partial charge is 0.396 e. The molecule has 0 bridgehead atoms. The zero-order chi connectivity index (χ0) is 16.1. The first-order valence-electron chi connectivity index (χ1n) is 8.07. The van der Waals surface area contributed by atoms with Crippen molar-refractivity contribution in [2.75, 3.05) is 24.6 Å². The normalized spacial score (nSPS) is 22.6. The van der Waals surface area contributed by atoms with Crippen LogP contribution in [0.25, 0.3) is 0 Å². The van der Waals surface area contributed by atoms with E-state index in [0.29, 0.717) is 6.54 Å². The third-order valence-electron chi connectivity index (χ3n) is 4.27. The van der Waals surface area contributed by atoms with Crippen LogP contribution < -0.4 is 15.5 Å². The number of anilines is 1. The SMILES string of the molecule is O=C(NCc1cccc(N2CC=CC2)c1)N[C@@H]1C=C[C@H](CO)C1. The van der Waals surface area contributed by atoms with Crippen LogP contribution in [0.2, 0.25) is 0 Å². The quantitative estimate of drug-likeness (QED) is 0.726. The highest BCUT2D eigenvalue weighted by atomic mass is 16.3. The van der Waals surface area contributed by atoms with E-state index in [0.717, 1.165) is 25.1 Å². The van der Waals surface area contributed by atoms with Gasteiger partial charge in [-0.2, -0.15) is 0 Å². The Morgan fingerprint density at radius 1 is 1.26 bits per heavy atom. The summed E-state index contributed by atoms with van der Waals surface area (Å²) in [6.45, 7) is 2.52. The smallest absolute Gasteiger partial charge is 0.315 e. The highest BCUT2D eigenvalue weighted by Gasteiger charge is 2.19. The maximum Gasteiger partial charge on any atom is 0.315 e. The lowest BCUT2D eigenvalue weighted by atomic mass is 10.1. The van der Waals surface area contributed by atoms with Gasteiger partial charge in [0.2, 0.25) is 0 Å². The molecule has 1 aromatic carbocycles. The fraction of sp³-hybridized carbons (Fsp3) is 0.389. The Kier molecular flexibility index (Phi) is 4.98. The van der Waals surface area contributed by atoms with Crippen LogP contribution in [-0.2, 0) is 6.54 Å². The summed E-state index contributed by atoms with van der Waals surface area (Å²) < 4.78 is 0. The number of hydrogen-bond donors (Lipinski definition) is 3. The van der Waals surface area contributed by atoms with Crippen LogP contribution in [0.3, 0.4) is 0 Å². The van der Waals surface area contributed by atoms with Gasteiger partial charge in [0.1, 0.15) is 0 Å². The average Bonchev–Trinajstić information content (AvgIpc) is 3.25. The summed E-state index contributed by atoms with van der Waals surface area (Å²) in [4.78, 5) is 14.2. The highest BCUT2D eigenvalue weighted by Crippen LogP contribution is 2.19. The molecule has 122 valence electrons. The van der Waals surface area contributed by atoms with Crippen molar-refractivity contribution < 1.29 is 9.90 Å². The number of rotatable bonds is 5. The van der Waals surface area contributed by atoms with E-state index in [2.05, 4.69) is 39.8 Å². The second-order valence-electron chi connectivity index (χ2n) is 6.04. The second-order valence-corrected chi connectivity index (χ2v) is 6.04. The van der Waals surface area contributed by atoms with Crippen molar-refractivity contribution in [3.63, 3.8) is 0 Å². The molecule has 23 heavy (non-hydrogen) atoms. The predicted octanol–water partition coefficient (Wildman–Crippen LogP) is 1.80. The Morgan fingerprint density at radius 2 is 2.09 bits per heavy atom. The molecule has 5 heteroatoms. The summed E-state index contributed by atoms with van der Waals surface area (Å²) in [5, 5.41) is 14.9. The molecule has 3 N–H and O–H groups in total. The molecule has 1 aliphatic heterocycles. The van der Waals surface area contributed by atoms with Gasteiger partial charge in [-0.15, -0.1) is 0 Å². The number of aliphatic hydroxyl groups is 1. The van der Waals surface area contributed by atoms with Crippen LogP contribution in [0.15, 0.2) is 48.6 Å². The number of hydrogen-bond acceptors (Lipinski definition) is 3. The van der Waals surface area contributed by atoms with Crippen molar-refractivity contribution >= 4 is 11.7 Å². The first kappa shape index (κ1) is 15.6. The van der Waals surface area contributed by atoms with Crippen LogP contribution >= 0.6 is 0 Å². The van der Waals surface area contributed by atoms with E-state index in [-0.39, 0.29) is 24.6 Å². The number of benzene rings is 1. The minimum atomic E-state index is -0.175. The molecular weight excluding hydrogens is 290 g/mol. The molecule has 3 rings (SSSR count). The van der Waals surface area contributed by atoms with Crippen LogP contribution in [0, 0.1) is 5.92 Å². The predicted molar refractivity (Wildman–Crippen MR) is 91.3 cm³/mol. The number of aliphatic hydroxyl groups excluding tert-OH is 1. The van der Waals surface area contributed by atoms with Gasteiger partial charge >= 0.3 is 6.03 Å².